The van der Waals surface area contributed by atoms with E-state index in [0.717, 1.165) is 27.9 Å². The average molecular weight is 531 g/mol. The summed E-state index contributed by atoms with van der Waals surface area (Å²) in [4.78, 5) is 13.7. The molecule has 1 amide bonds. The van der Waals surface area contributed by atoms with Gasteiger partial charge in [-0.2, -0.15) is 4.68 Å². The molecular formula is C28H27ClN6O3. The summed E-state index contributed by atoms with van der Waals surface area (Å²) in [6.07, 6.45) is 0. The largest absolute Gasteiger partial charge is 0.493 e. The maximum atomic E-state index is 13.7. The molecule has 0 saturated carbocycles. The number of amides is 1. The van der Waals surface area contributed by atoms with Gasteiger partial charge in [-0.1, -0.05) is 52.6 Å². The molecule has 38 heavy (non-hydrogen) atoms. The summed E-state index contributed by atoms with van der Waals surface area (Å²) in [7, 11) is 1.57. The molecule has 0 aliphatic carbocycles. The Hall–Kier alpha value is -4.37. The number of aryl methyl sites for hydroxylation is 2. The third-order valence-corrected chi connectivity index (χ3v) is 6.61. The second kappa shape index (κ2) is 10.5. The van der Waals surface area contributed by atoms with E-state index in [1.807, 2.05) is 81.4 Å². The lowest BCUT2D eigenvalue weighted by Crippen LogP contribution is -2.31. The zero-order valence-electron chi connectivity index (χ0n) is 21.4. The highest BCUT2D eigenvalue weighted by atomic mass is 35.5. The average Bonchev–Trinajstić information content (AvgIpc) is 3.36. The molecule has 9 nitrogen and oxygen atoms in total. The number of hydrogen-bond donors (Lipinski definition) is 2. The Bertz CT molecular complexity index is 1550. The van der Waals surface area contributed by atoms with Crippen LogP contribution in [0.4, 0.5) is 11.6 Å². The zero-order chi connectivity index (χ0) is 26.8. The highest BCUT2D eigenvalue weighted by molar-refractivity contribution is 6.30. The van der Waals surface area contributed by atoms with Gasteiger partial charge in [0.05, 0.1) is 12.7 Å². The minimum absolute atomic E-state index is 0.256. The maximum Gasteiger partial charge on any atom is 0.255 e. The van der Waals surface area contributed by atoms with Gasteiger partial charge in [-0.3, -0.25) is 4.79 Å². The van der Waals surface area contributed by atoms with Crippen molar-refractivity contribution in [3.8, 4) is 11.5 Å². The number of benzene rings is 3. The summed E-state index contributed by atoms with van der Waals surface area (Å²) >= 11 is 6.10. The summed E-state index contributed by atoms with van der Waals surface area (Å²) in [5.41, 5.74) is 5.67. The quantitative estimate of drug-likeness (QED) is 0.327. The predicted octanol–water partition coefficient (Wildman–Crippen LogP) is 5.46. The second-order valence-electron chi connectivity index (χ2n) is 9.11. The van der Waals surface area contributed by atoms with Crippen molar-refractivity contribution in [2.75, 3.05) is 17.7 Å². The zero-order valence-corrected chi connectivity index (χ0v) is 22.2. The van der Waals surface area contributed by atoms with Crippen molar-refractivity contribution < 1.29 is 14.3 Å². The van der Waals surface area contributed by atoms with E-state index in [4.69, 9.17) is 21.1 Å². The lowest BCUT2D eigenvalue weighted by Gasteiger charge is -2.28. The number of anilines is 2. The van der Waals surface area contributed by atoms with Gasteiger partial charge in [-0.25, -0.2) is 0 Å². The van der Waals surface area contributed by atoms with Gasteiger partial charge in [0.15, 0.2) is 11.5 Å². The van der Waals surface area contributed by atoms with E-state index in [1.165, 1.54) is 0 Å². The van der Waals surface area contributed by atoms with Gasteiger partial charge in [-0.05, 0) is 78.2 Å². The maximum absolute atomic E-state index is 13.7. The fourth-order valence-electron chi connectivity index (χ4n) is 4.52. The molecule has 0 spiro atoms. The van der Waals surface area contributed by atoms with Gasteiger partial charge >= 0.3 is 0 Å². The van der Waals surface area contributed by atoms with Crippen molar-refractivity contribution in [1.29, 1.82) is 0 Å². The summed E-state index contributed by atoms with van der Waals surface area (Å²) in [6, 6.07) is 18.3. The number of halogens is 1. The van der Waals surface area contributed by atoms with Crippen LogP contribution in [0.3, 0.4) is 0 Å². The number of nitrogens with one attached hydrogen (secondary N) is 2. The van der Waals surface area contributed by atoms with Crippen LogP contribution in [0.1, 0.15) is 35.2 Å². The van der Waals surface area contributed by atoms with Gasteiger partial charge in [-0.15, -0.1) is 0 Å². The van der Waals surface area contributed by atoms with Crippen LogP contribution in [0.5, 0.6) is 11.5 Å². The summed E-state index contributed by atoms with van der Waals surface area (Å²) < 4.78 is 13.3. The lowest BCUT2D eigenvalue weighted by molar-refractivity contribution is -0.113. The topological polar surface area (TPSA) is 103 Å². The van der Waals surface area contributed by atoms with Gasteiger partial charge in [0.1, 0.15) is 12.6 Å². The molecule has 4 aromatic rings. The normalized spacial score (nSPS) is 14.5. The van der Waals surface area contributed by atoms with Crippen LogP contribution in [-0.2, 0) is 11.4 Å². The minimum atomic E-state index is -0.595. The number of methoxy groups -OCH3 is 1. The summed E-state index contributed by atoms with van der Waals surface area (Å²) in [6.45, 7) is 6.14. The Kier molecular flexibility index (Phi) is 7.02. The van der Waals surface area contributed by atoms with Gasteiger partial charge in [0.2, 0.25) is 5.95 Å². The van der Waals surface area contributed by atoms with E-state index >= 15 is 0 Å². The summed E-state index contributed by atoms with van der Waals surface area (Å²) in [5, 5.41) is 18.9. The minimum Gasteiger partial charge on any atom is -0.493 e. The van der Waals surface area contributed by atoms with Crippen molar-refractivity contribution in [2.24, 2.45) is 0 Å². The molecule has 5 rings (SSSR count). The highest BCUT2D eigenvalue weighted by Gasteiger charge is 2.34. The molecule has 0 saturated heterocycles. The first-order valence-corrected chi connectivity index (χ1v) is 12.4. The summed E-state index contributed by atoms with van der Waals surface area (Å²) in [5.74, 6) is 1.26. The van der Waals surface area contributed by atoms with Crippen molar-refractivity contribution in [3.63, 3.8) is 0 Å². The van der Waals surface area contributed by atoms with Crippen LogP contribution in [0.15, 0.2) is 71.9 Å². The number of hydrogen-bond acceptors (Lipinski definition) is 7. The number of nitrogens with zero attached hydrogens (tertiary/aromatic N) is 4. The van der Waals surface area contributed by atoms with Gasteiger partial charge < -0.3 is 20.1 Å². The van der Waals surface area contributed by atoms with E-state index in [2.05, 4.69) is 26.2 Å². The molecule has 194 valence electrons. The molecule has 1 aliphatic heterocycles. The van der Waals surface area contributed by atoms with Crippen molar-refractivity contribution in [3.05, 3.63) is 99.2 Å². The second-order valence-corrected chi connectivity index (χ2v) is 9.55. The Labute approximate surface area is 225 Å². The molecule has 10 heteroatoms. The lowest BCUT2D eigenvalue weighted by atomic mass is 9.94. The molecular weight excluding hydrogens is 504 g/mol. The Morgan fingerprint density at radius 1 is 1.08 bits per heavy atom. The number of carbonyl (C=O) groups excluding carboxylic acids is 1. The van der Waals surface area contributed by atoms with E-state index in [9.17, 15) is 4.79 Å². The first-order chi connectivity index (χ1) is 18.3. The highest BCUT2D eigenvalue weighted by Crippen LogP contribution is 2.39. The van der Waals surface area contributed by atoms with E-state index in [0.29, 0.717) is 40.3 Å². The van der Waals surface area contributed by atoms with Crippen molar-refractivity contribution in [2.45, 2.75) is 33.4 Å². The molecule has 1 unspecified atom stereocenters. The standard InChI is InChI=1S/C28H27ClN6O3/c1-16-8-10-22(17(2)12-16)31-27(36)25-18(3)30-28-32-33-34-35(28)26(25)20-9-11-23(24(14-20)37-4)38-15-19-6-5-7-21(29)13-19/h5-14,26H,15H2,1-4H3,(H,31,36)(H,30,32,34). The molecule has 0 fully saturated rings. The number of allylic oxidation sites excluding steroid dienone is 1. The van der Waals surface area contributed by atoms with Gasteiger partial charge in [0, 0.05) is 16.4 Å². The van der Waals surface area contributed by atoms with Crippen LogP contribution in [0, 0.1) is 13.8 Å². The van der Waals surface area contributed by atoms with E-state index in [1.54, 1.807) is 11.8 Å². The molecule has 3 aromatic carbocycles. The van der Waals surface area contributed by atoms with Crippen molar-refractivity contribution in [1.82, 2.24) is 20.2 Å². The van der Waals surface area contributed by atoms with E-state index < -0.39 is 6.04 Å². The third-order valence-electron chi connectivity index (χ3n) is 6.38. The van der Waals surface area contributed by atoms with Gasteiger partial charge in [0.25, 0.3) is 5.91 Å². The van der Waals surface area contributed by atoms with Crippen LogP contribution in [0.2, 0.25) is 5.02 Å². The number of ether oxygens (including phenoxy) is 2. The number of rotatable bonds is 7. The third kappa shape index (κ3) is 5.05. The molecule has 1 aliphatic rings. The smallest absolute Gasteiger partial charge is 0.255 e. The molecule has 1 atom stereocenters. The van der Waals surface area contributed by atoms with Crippen LogP contribution in [-0.4, -0.2) is 33.2 Å². The van der Waals surface area contributed by atoms with E-state index in [-0.39, 0.29) is 5.91 Å². The Balaban J connectivity index is 1.48. The molecule has 2 N–H and O–H groups in total. The predicted molar refractivity (Wildman–Crippen MR) is 146 cm³/mol. The van der Waals surface area contributed by atoms with Crippen LogP contribution >= 0.6 is 11.6 Å². The monoisotopic (exact) mass is 530 g/mol. The fraction of sp³-hybridized carbons (Fsp3) is 0.214. The molecule has 0 bridgehead atoms. The Morgan fingerprint density at radius 3 is 2.68 bits per heavy atom. The number of carbonyl (C=O) groups is 1. The SMILES string of the molecule is COc1cc(C2C(C(=O)Nc3ccc(C)cc3C)=C(C)Nc3nnnn32)ccc1OCc1cccc(Cl)c1. The Morgan fingerprint density at radius 2 is 1.92 bits per heavy atom. The molecule has 1 aromatic heterocycles. The fourth-order valence-corrected chi connectivity index (χ4v) is 4.73. The van der Waals surface area contributed by atoms with Crippen molar-refractivity contribution >= 4 is 29.1 Å². The van der Waals surface area contributed by atoms with Crippen LogP contribution in [0.25, 0.3) is 0 Å². The first kappa shape index (κ1) is 25.3. The van der Waals surface area contributed by atoms with Crippen LogP contribution < -0.4 is 20.1 Å². The number of aromatic nitrogens is 4. The number of tetrazole rings is 1. The number of fused-ring (bicyclic) bond motifs is 1. The molecule has 2 heterocycles. The molecule has 0 radical (unpaired) electrons. The first-order valence-electron chi connectivity index (χ1n) is 12.0.